The van der Waals surface area contributed by atoms with E-state index in [0.29, 0.717) is 10.6 Å². The van der Waals surface area contributed by atoms with Crippen LogP contribution in [0.5, 0.6) is 0 Å². The minimum Gasteiger partial charge on any atom is -0.366 e. The van der Waals surface area contributed by atoms with Gasteiger partial charge in [0.1, 0.15) is 6.07 Å². The molecule has 0 aliphatic carbocycles. The maximum Gasteiger partial charge on any atom is 0.101 e. The Bertz CT molecular complexity index is 535. The normalized spacial score (nSPS) is 9.93. The van der Waals surface area contributed by atoms with Crippen LogP contribution in [-0.2, 0) is 0 Å². The molecule has 1 aromatic carbocycles. The number of benzene rings is 1. The van der Waals surface area contributed by atoms with Gasteiger partial charge in [-0.2, -0.15) is 5.26 Å². The van der Waals surface area contributed by atoms with E-state index < -0.39 is 0 Å². The van der Waals surface area contributed by atoms with Crippen LogP contribution in [0, 0.1) is 18.3 Å². The second-order valence-electron chi connectivity index (χ2n) is 3.35. The van der Waals surface area contributed by atoms with E-state index in [2.05, 4.69) is 11.1 Å². The molecule has 1 aromatic heterocycles. The Hall–Kier alpha value is -1.72. The number of aromatic nitrogens is 1. The molecular weight excluding hydrogens is 208 g/mol. The van der Waals surface area contributed by atoms with E-state index in [0.717, 1.165) is 16.7 Å². The second-order valence-corrected chi connectivity index (χ2v) is 3.79. The van der Waals surface area contributed by atoms with E-state index in [9.17, 15) is 0 Å². The Morgan fingerprint density at radius 1 is 1.27 bits per heavy atom. The number of nitrogens with zero attached hydrogens (tertiary/aromatic N) is 1. The summed E-state index contributed by atoms with van der Waals surface area (Å²) in [6.45, 7) is 2.00. The van der Waals surface area contributed by atoms with Crippen LogP contribution in [0.1, 0.15) is 11.1 Å². The first-order chi connectivity index (χ1) is 7.22. The first-order valence-corrected chi connectivity index (χ1v) is 4.93. The van der Waals surface area contributed by atoms with Gasteiger partial charge in [-0.15, -0.1) is 0 Å². The standard InChI is InChI=1S/C12H9ClN2/c1-8-2-3-10(13)4-11(8)12-7-15-6-9(12)5-14/h2-4,6-7,15H,1H3. The molecule has 0 fully saturated rings. The van der Waals surface area contributed by atoms with E-state index in [1.807, 2.05) is 31.3 Å². The largest absolute Gasteiger partial charge is 0.366 e. The zero-order valence-corrected chi connectivity index (χ0v) is 8.97. The first kappa shape index (κ1) is 9.82. The van der Waals surface area contributed by atoms with Gasteiger partial charge in [-0.1, -0.05) is 17.7 Å². The Morgan fingerprint density at radius 3 is 2.80 bits per heavy atom. The lowest BCUT2D eigenvalue weighted by molar-refractivity contribution is 1.40. The van der Waals surface area contributed by atoms with Gasteiger partial charge in [0, 0.05) is 23.0 Å². The zero-order chi connectivity index (χ0) is 10.8. The van der Waals surface area contributed by atoms with Crippen LogP contribution >= 0.6 is 11.6 Å². The number of rotatable bonds is 1. The van der Waals surface area contributed by atoms with Crippen LogP contribution in [0.3, 0.4) is 0 Å². The maximum absolute atomic E-state index is 8.93. The van der Waals surface area contributed by atoms with Crippen molar-refractivity contribution in [2.75, 3.05) is 0 Å². The van der Waals surface area contributed by atoms with Crippen molar-refractivity contribution in [2.45, 2.75) is 6.92 Å². The van der Waals surface area contributed by atoms with E-state index in [4.69, 9.17) is 16.9 Å². The number of H-pyrrole nitrogens is 1. The predicted octanol–water partition coefficient (Wildman–Crippen LogP) is 3.52. The van der Waals surface area contributed by atoms with Crippen molar-refractivity contribution in [3.05, 3.63) is 46.7 Å². The number of hydrogen-bond donors (Lipinski definition) is 1. The lowest BCUT2D eigenvalue weighted by Crippen LogP contribution is -1.83. The van der Waals surface area contributed by atoms with Crippen LogP contribution in [-0.4, -0.2) is 4.98 Å². The molecule has 0 spiro atoms. The van der Waals surface area contributed by atoms with Crippen molar-refractivity contribution in [3.63, 3.8) is 0 Å². The minimum atomic E-state index is 0.639. The van der Waals surface area contributed by atoms with Crippen LogP contribution in [0.2, 0.25) is 5.02 Å². The highest BCUT2D eigenvalue weighted by molar-refractivity contribution is 6.30. The smallest absolute Gasteiger partial charge is 0.101 e. The summed E-state index contributed by atoms with van der Waals surface area (Å²) in [5, 5.41) is 9.61. The van der Waals surface area contributed by atoms with Gasteiger partial charge in [-0.3, -0.25) is 0 Å². The van der Waals surface area contributed by atoms with Crippen LogP contribution in [0.4, 0.5) is 0 Å². The third kappa shape index (κ3) is 1.74. The molecule has 2 aromatic rings. The lowest BCUT2D eigenvalue weighted by Gasteiger charge is -2.04. The predicted molar refractivity (Wildman–Crippen MR) is 60.7 cm³/mol. The quantitative estimate of drug-likeness (QED) is 0.779. The summed E-state index contributed by atoms with van der Waals surface area (Å²) in [5.74, 6) is 0. The average molecular weight is 217 g/mol. The molecular formula is C12H9ClN2. The molecule has 0 saturated carbocycles. The lowest BCUT2D eigenvalue weighted by atomic mass is 10.0. The van der Waals surface area contributed by atoms with Gasteiger partial charge in [0.15, 0.2) is 0 Å². The number of nitriles is 1. The van der Waals surface area contributed by atoms with Crippen LogP contribution in [0.25, 0.3) is 11.1 Å². The minimum absolute atomic E-state index is 0.639. The van der Waals surface area contributed by atoms with Crippen molar-refractivity contribution in [3.8, 4) is 17.2 Å². The van der Waals surface area contributed by atoms with E-state index in [1.165, 1.54) is 0 Å². The number of halogens is 1. The van der Waals surface area contributed by atoms with Gasteiger partial charge in [0.25, 0.3) is 0 Å². The highest BCUT2D eigenvalue weighted by Gasteiger charge is 2.08. The first-order valence-electron chi connectivity index (χ1n) is 4.56. The van der Waals surface area contributed by atoms with Crippen LogP contribution in [0.15, 0.2) is 30.6 Å². The Labute approximate surface area is 93.1 Å². The summed E-state index contributed by atoms with van der Waals surface area (Å²) >= 11 is 5.94. The fraction of sp³-hybridized carbons (Fsp3) is 0.0833. The fourth-order valence-corrected chi connectivity index (χ4v) is 1.74. The molecule has 0 radical (unpaired) electrons. The summed E-state index contributed by atoms with van der Waals surface area (Å²) < 4.78 is 0. The molecule has 1 N–H and O–H groups in total. The molecule has 2 nitrogen and oxygen atoms in total. The summed E-state index contributed by atoms with van der Waals surface area (Å²) in [4.78, 5) is 2.93. The monoisotopic (exact) mass is 216 g/mol. The Kier molecular flexibility index (Phi) is 2.49. The van der Waals surface area contributed by atoms with Gasteiger partial charge in [0.2, 0.25) is 0 Å². The van der Waals surface area contributed by atoms with Gasteiger partial charge >= 0.3 is 0 Å². The molecule has 15 heavy (non-hydrogen) atoms. The number of aryl methyl sites for hydroxylation is 1. The maximum atomic E-state index is 8.93. The average Bonchev–Trinajstić information content (AvgIpc) is 2.69. The highest BCUT2D eigenvalue weighted by Crippen LogP contribution is 2.28. The number of hydrogen-bond acceptors (Lipinski definition) is 1. The van der Waals surface area contributed by atoms with Crippen LogP contribution < -0.4 is 0 Å². The molecule has 0 amide bonds. The molecule has 0 aliphatic heterocycles. The van der Waals surface area contributed by atoms with E-state index in [1.54, 1.807) is 6.20 Å². The van der Waals surface area contributed by atoms with Gasteiger partial charge in [-0.25, -0.2) is 0 Å². The Morgan fingerprint density at radius 2 is 2.07 bits per heavy atom. The zero-order valence-electron chi connectivity index (χ0n) is 8.21. The van der Waals surface area contributed by atoms with Crippen molar-refractivity contribution in [2.24, 2.45) is 0 Å². The van der Waals surface area contributed by atoms with Gasteiger partial charge in [-0.05, 0) is 30.2 Å². The molecule has 0 saturated heterocycles. The summed E-state index contributed by atoms with van der Waals surface area (Å²) in [7, 11) is 0. The third-order valence-electron chi connectivity index (χ3n) is 2.36. The Balaban J connectivity index is 2.64. The third-order valence-corrected chi connectivity index (χ3v) is 2.59. The molecule has 74 valence electrons. The van der Waals surface area contributed by atoms with E-state index >= 15 is 0 Å². The van der Waals surface area contributed by atoms with Crippen molar-refractivity contribution >= 4 is 11.6 Å². The summed E-state index contributed by atoms with van der Waals surface area (Å²) in [6, 6.07) is 7.82. The second kappa shape index (κ2) is 3.80. The molecule has 0 atom stereocenters. The molecule has 0 aliphatic rings. The van der Waals surface area contributed by atoms with Gasteiger partial charge in [0.05, 0.1) is 5.56 Å². The molecule has 3 heteroatoms. The van der Waals surface area contributed by atoms with E-state index in [-0.39, 0.29) is 0 Å². The molecule has 2 rings (SSSR count). The van der Waals surface area contributed by atoms with Crippen molar-refractivity contribution in [1.29, 1.82) is 5.26 Å². The topological polar surface area (TPSA) is 39.6 Å². The number of aromatic amines is 1. The summed E-state index contributed by atoms with van der Waals surface area (Å²) in [6.07, 6.45) is 3.51. The molecule has 0 bridgehead atoms. The molecule has 0 unspecified atom stereocenters. The van der Waals surface area contributed by atoms with Crippen molar-refractivity contribution in [1.82, 2.24) is 4.98 Å². The fourth-order valence-electron chi connectivity index (χ4n) is 1.56. The number of nitrogens with one attached hydrogen (secondary N) is 1. The SMILES string of the molecule is Cc1ccc(Cl)cc1-c1c[nH]cc1C#N. The molecule has 1 heterocycles. The van der Waals surface area contributed by atoms with Crippen molar-refractivity contribution < 1.29 is 0 Å². The summed E-state index contributed by atoms with van der Waals surface area (Å²) in [5.41, 5.74) is 3.65. The highest BCUT2D eigenvalue weighted by atomic mass is 35.5. The van der Waals surface area contributed by atoms with Gasteiger partial charge < -0.3 is 4.98 Å².